The molecule has 0 aliphatic carbocycles. The van der Waals surface area contributed by atoms with E-state index in [2.05, 4.69) is 0 Å². The zero-order valence-electron chi connectivity index (χ0n) is 13.2. The second kappa shape index (κ2) is 5.81. The molecule has 0 bridgehead atoms. The Morgan fingerprint density at radius 2 is 1.90 bits per heavy atom. The minimum atomic E-state index is -0.596. The number of ether oxygens (including phenoxy) is 1. The summed E-state index contributed by atoms with van der Waals surface area (Å²) in [5.74, 6) is 0.273. The van der Waals surface area contributed by atoms with Crippen molar-refractivity contribution in [3.05, 3.63) is 0 Å². The van der Waals surface area contributed by atoms with Crippen LogP contribution in [-0.2, 0) is 14.4 Å². The van der Waals surface area contributed by atoms with Gasteiger partial charge in [0.25, 0.3) is 5.91 Å². The summed E-state index contributed by atoms with van der Waals surface area (Å²) in [7, 11) is 2.95. The number of amides is 2. The number of carbonyl (C=O) groups is 2. The highest BCUT2D eigenvalue weighted by atomic mass is 32.2. The molecule has 1 heterocycles. The standard InChI is InChI=1S/C13H24N2O4S/c1-12(2,3)19-11(17)15-9(8-20-13(15,4)5)10(16)14(6)18-7/h9H,8H2,1-7H3/t9-/m0/s1. The van der Waals surface area contributed by atoms with E-state index >= 15 is 0 Å². The molecule has 0 spiro atoms. The third-order valence-corrected chi connectivity index (χ3v) is 4.33. The topological polar surface area (TPSA) is 59.1 Å². The van der Waals surface area contributed by atoms with Gasteiger partial charge >= 0.3 is 6.09 Å². The van der Waals surface area contributed by atoms with E-state index in [-0.39, 0.29) is 5.91 Å². The van der Waals surface area contributed by atoms with Gasteiger partial charge in [0, 0.05) is 12.8 Å². The third-order valence-electron chi connectivity index (χ3n) is 2.95. The smallest absolute Gasteiger partial charge is 0.412 e. The minimum Gasteiger partial charge on any atom is -0.444 e. The Kier molecular flexibility index (Phi) is 4.97. The van der Waals surface area contributed by atoms with Crippen LogP contribution in [0.1, 0.15) is 34.6 Å². The van der Waals surface area contributed by atoms with Gasteiger partial charge < -0.3 is 4.74 Å². The molecule has 1 aliphatic rings. The quantitative estimate of drug-likeness (QED) is 0.731. The monoisotopic (exact) mass is 304 g/mol. The molecule has 0 aromatic carbocycles. The molecule has 0 aromatic heterocycles. The molecular weight excluding hydrogens is 280 g/mol. The summed E-state index contributed by atoms with van der Waals surface area (Å²) in [6.07, 6.45) is -0.477. The third kappa shape index (κ3) is 3.79. The first-order valence-electron chi connectivity index (χ1n) is 6.47. The summed E-state index contributed by atoms with van der Waals surface area (Å²) in [6.45, 7) is 9.22. The molecule has 1 rings (SSSR count). The Morgan fingerprint density at radius 1 is 1.35 bits per heavy atom. The van der Waals surface area contributed by atoms with E-state index in [1.54, 1.807) is 32.5 Å². The zero-order chi connectivity index (χ0) is 15.7. The highest BCUT2D eigenvalue weighted by molar-refractivity contribution is 8.00. The summed E-state index contributed by atoms with van der Waals surface area (Å²) in [5.41, 5.74) is -0.596. The molecule has 0 aromatic rings. The van der Waals surface area contributed by atoms with Gasteiger partial charge in [0.1, 0.15) is 11.6 Å². The molecule has 0 N–H and O–H groups in total. The molecule has 1 atom stereocenters. The second-order valence-corrected chi connectivity index (χ2v) is 7.76. The van der Waals surface area contributed by atoms with E-state index in [1.807, 2.05) is 13.8 Å². The molecule has 1 aliphatic heterocycles. The number of hydroxylamine groups is 2. The summed E-state index contributed by atoms with van der Waals surface area (Å²) >= 11 is 1.55. The molecule has 116 valence electrons. The lowest BCUT2D eigenvalue weighted by atomic mass is 10.2. The number of hydrogen-bond acceptors (Lipinski definition) is 5. The van der Waals surface area contributed by atoms with Crippen LogP contribution in [0.3, 0.4) is 0 Å². The van der Waals surface area contributed by atoms with E-state index in [0.717, 1.165) is 5.06 Å². The predicted molar refractivity (Wildman–Crippen MR) is 78.2 cm³/mol. The number of likely N-dealkylation sites (N-methyl/N-ethyl adjacent to an activating group) is 1. The molecule has 2 amide bonds. The maximum Gasteiger partial charge on any atom is 0.412 e. The molecule has 7 heteroatoms. The number of thioether (sulfide) groups is 1. The van der Waals surface area contributed by atoms with Crippen LogP contribution in [0, 0.1) is 0 Å². The summed E-state index contributed by atoms with van der Waals surface area (Å²) in [5, 5.41) is 1.14. The van der Waals surface area contributed by atoms with Gasteiger partial charge in [-0.3, -0.25) is 14.5 Å². The highest BCUT2D eigenvalue weighted by Crippen LogP contribution is 2.40. The Hall–Kier alpha value is -0.950. The summed E-state index contributed by atoms with van der Waals surface area (Å²) < 4.78 is 5.41. The number of nitrogens with zero attached hydrogens (tertiary/aromatic N) is 2. The number of carbonyl (C=O) groups excluding carboxylic acids is 2. The van der Waals surface area contributed by atoms with Crippen LogP contribution in [0.25, 0.3) is 0 Å². The minimum absolute atomic E-state index is 0.253. The van der Waals surface area contributed by atoms with Gasteiger partial charge in [-0.1, -0.05) is 0 Å². The molecule has 20 heavy (non-hydrogen) atoms. The van der Waals surface area contributed by atoms with Gasteiger partial charge in [-0.25, -0.2) is 9.86 Å². The van der Waals surface area contributed by atoms with Crippen molar-refractivity contribution in [1.82, 2.24) is 9.96 Å². The van der Waals surface area contributed by atoms with Crippen molar-refractivity contribution in [2.24, 2.45) is 0 Å². The Balaban J connectivity index is 2.97. The van der Waals surface area contributed by atoms with Crippen molar-refractivity contribution in [3.63, 3.8) is 0 Å². The molecule has 0 saturated carbocycles. The Labute approximate surface area is 124 Å². The van der Waals surface area contributed by atoms with E-state index in [1.165, 1.54) is 19.1 Å². The van der Waals surface area contributed by atoms with Gasteiger partial charge in [-0.05, 0) is 34.6 Å². The van der Waals surface area contributed by atoms with E-state index in [0.29, 0.717) is 5.75 Å². The Morgan fingerprint density at radius 3 is 2.35 bits per heavy atom. The van der Waals surface area contributed by atoms with Crippen molar-refractivity contribution < 1.29 is 19.2 Å². The van der Waals surface area contributed by atoms with Crippen molar-refractivity contribution in [1.29, 1.82) is 0 Å². The largest absolute Gasteiger partial charge is 0.444 e. The van der Waals surface area contributed by atoms with Crippen LogP contribution in [0.2, 0.25) is 0 Å². The van der Waals surface area contributed by atoms with Crippen molar-refractivity contribution in [2.45, 2.75) is 51.1 Å². The van der Waals surface area contributed by atoms with Gasteiger partial charge in [0.2, 0.25) is 0 Å². The van der Waals surface area contributed by atoms with Gasteiger partial charge in [-0.2, -0.15) is 0 Å². The highest BCUT2D eigenvalue weighted by Gasteiger charge is 2.49. The first-order chi connectivity index (χ1) is 8.99. The van der Waals surface area contributed by atoms with Crippen LogP contribution >= 0.6 is 11.8 Å². The number of rotatable bonds is 2. The SMILES string of the molecule is CON(C)C(=O)[C@@H]1CSC(C)(C)N1C(=O)OC(C)(C)C. The molecule has 1 saturated heterocycles. The molecule has 0 unspecified atom stereocenters. The fourth-order valence-electron chi connectivity index (χ4n) is 1.94. The lowest BCUT2D eigenvalue weighted by molar-refractivity contribution is -0.173. The van der Waals surface area contributed by atoms with Crippen LogP contribution in [0.15, 0.2) is 0 Å². The summed E-state index contributed by atoms with van der Waals surface area (Å²) in [4.78, 5) is 30.6. The van der Waals surface area contributed by atoms with Crippen LogP contribution in [0.5, 0.6) is 0 Å². The number of hydrogen-bond donors (Lipinski definition) is 0. The lowest BCUT2D eigenvalue weighted by Gasteiger charge is -2.36. The van der Waals surface area contributed by atoms with E-state index in [4.69, 9.17) is 9.57 Å². The first kappa shape index (κ1) is 17.1. The molecule has 6 nitrogen and oxygen atoms in total. The Bertz CT molecular complexity index is 392. The predicted octanol–water partition coefficient (Wildman–Crippen LogP) is 2.09. The van der Waals surface area contributed by atoms with Gasteiger partial charge in [0.15, 0.2) is 0 Å². The fraction of sp³-hybridized carbons (Fsp3) is 0.846. The normalized spacial score (nSPS) is 21.8. The summed E-state index contributed by atoms with van der Waals surface area (Å²) in [6, 6.07) is -0.574. The fourth-order valence-corrected chi connectivity index (χ4v) is 3.14. The maximum atomic E-state index is 12.4. The van der Waals surface area contributed by atoms with Crippen LogP contribution in [-0.4, -0.2) is 58.4 Å². The maximum absolute atomic E-state index is 12.4. The molecular formula is C13H24N2O4S. The average Bonchev–Trinajstić information content (AvgIpc) is 2.60. The second-order valence-electron chi connectivity index (χ2n) is 6.14. The van der Waals surface area contributed by atoms with Gasteiger partial charge in [-0.15, -0.1) is 11.8 Å². The van der Waals surface area contributed by atoms with Crippen LogP contribution in [0.4, 0.5) is 4.79 Å². The van der Waals surface area contributed by atoms with Crippen molar-refractivity contribution >= 4 is 23.8 Å². The van der Waals surface area contributed by atoms with E-state index < -0.39 is 22.6 Å². The van der Waals surface area contributed by atoms with Gasteiger partial charge in [0.05, 0.1) is 12.0 Å². The van der Waals surface area contributed by atoms with Crippen molar-refractivity contribution in [3.8, 4) is 0 Å². The molecule has 0 radical (unpaired) electrons. The van der Waals surface area contributed by atoms with E-state index in [9.17, 15) is 9.59 Å². The lowest BCUT2D eigenvalue weighted by Crippen LogP contribution is -2.54. The molecule has 1 fully saturated rings. The van der Waals surface area contributed by atoms with Crippen molar-refractivity contribution in [2.75, 3.05) is 19.9 Å². The van der Waals surface area contributed by atoms with Crippen LogP contribution < -0.4 is 0 Å². The first-order valence-corrected chi connectivity index (χ1v) is 7.46. The zero-order valence-corrected chi connectivity index (χ0v) is 14.0. The average molecular weight is 304 g/mol.